The summed E-state index contributed by atoms with van der Waals surface area (Å²) in [6.45, 7) is 3.50. The van der Waals surface area contributed by atoms with Crippen molar-refractivity contribution in [1.29, 1.82) is 0 Å². The SMILES string of the molecule is CCOC(=O)c1sc(N(C)C(=O)c2cccc(F)c2F)nc1C. The number of ether oxygens (including phenoxy) is 1. The van der Waals surface area contributed by atoms with Crippen LogP contribution in [0.4, 0.5) is 13.9 Å². The molecule has 122 valence electrons. The minimum Gasteiger partial charge on any atom is -0.462 e. The van der Waals surface area contributed by atoms with Gasteiger partial charge in [-0.15, -0.1) is 0 Å². The lowest BCUT2D eigenvalue weighted by molar-refractivity contribution is 0.0531. The van der Waals surface area contributed by atoms with Crippen molar-refractivity contribution >= 4 is 28.3 Å². The average Bonchev–Trinajstić information content (AvgIpc) is 2.91. The second-order valence-corrected chi connectivity index (χ2v) is 5.57. The highest BCUT2D eigenvalue weighted by molar-refractivity contribution is 7.17. The van der Waals surface area contributed by atoms with Gasteiger partial charge in [-0.3, -0.25) is 9.69 Å². The molecule has 0 aliphatic carbocycles. The Bertz CT molecular complexity index is 761. The van der Waals surface area contributed by atoms with Crippen LogP contribution >= 0.6 is 11.3 Å². The predicted molar refractivity (Wildman–Crippen MR) is 81.9 cm³/mol. The van der Waals surface area contributed by atoms with Crippen molar-refractivity contribution in [1.82, 2.24) is 4.98 Å². The minimum absolute atomic E-state index is 0.194. The van der Waals surface area contributed by atoms with Gasteiger partial charge in [0.05, 0.1) is 17.9 Å². The summed E-state index contributed by atoms with van der Waals surface area (Å²) < 4.78 is 31.9. The van der Waals surface area contributed by atoms with E-state index in [1.165, 1.54) is 19.2 Å². The maximum absolute atomic E-state index is 13.7. The molecule has 5 nitrogen and oxygen atoms in total. The summed E-state index contributed by atoms with van der Waals surface area (Å²) in [6, 6.07) is 3.36. The van der Waals surface area contributed by atoms with Crippen LogP contribution in [0.5, 0.6) is 0 Å². The Labute approximate surface area is 135 Å². The summed E-state index contributed by atoms with van der Waals surface area (Å²) >= 11 is 0.952. The molecule has 0 unspecified atom stereocenters. The van der Waals surface area contributed by atoms with E-state index in [0.717, 1.165) is 22.3 Å². The quantitative estimate of drug-likeness (QED) is 0.802. The molecule has 2 rings (SSSR count). The van der Waals surface area contributed by atoms with E-state index in [0.29, 0.717) is 5.69 Å². The number of carbonyl (C=O) groups excluding carboxylic acids is 2. The van der Waals surface area contributed by atoms with Gasteiger partial charge >= 0.3 is 5.97 Å². The van der Waals surface area contributed by atoms with Gasteiger partial charge in [-0.05, 0) is 26.0 Å². The molecule has 1 heterocycles. The number of aromatic nitrogens is 1. The van der Waals surface area contributed by atoms with Crippen LogP contribution in [0.15, 0.2) is 18.2 Å². The molecule has 23 heavy (non-hydrogen) atoms. The first-order chi connectivity index (χ1) is 10.9. The van der Waals surface area contributed by atoms with Crippen LogP contribution in [0.3, 0.4) is 0 Å². The standard InChI is InChI=1S/C15H14F2N2O3S/c1-4-22-14(21)12-8(2)18-15(23-12)19(3)13(20)9-6-5-7-10(16)11(9)17/h5-7H,4H2,1-3H3. The zero-order valence-electron chi connectivity index (χ0n) is 12.7. The topological polar surface area (TPSA) is 59.5 Å². The van der Waals surface area contributed by atoms with Gasteiger partial charge in [-0.25, -0.2) is 18.6 Å². The van der Waals surface area contributed by atoms with Crippen molar-refractivity contribution in [3.63, 3.8) is 0 Å². The monoisotopic (exact) mass is 340 g/mol. The first-order valence-corrected chi connectivity index (χ1v) is 7.55. The van der Waals surface area contributed by atoms with Crippen LogP contribution in [0.1, 0.15) is 32.6 Å². The molecule has 8 heteroatoms. The zero-order chi connectivity index (χ0) is 17.1. The molecule has 0 bridgehead atoms. The van der Waals surface area contributed by atoms with Gasteiger partial charge in [0, 0.05) is 7.05 Å². The Morgan fingerprint density at radius 2 is 2.04 bits per heavy atom. The number of carbonyl (C=O) groups is 2. The largest absolute Gasteiger partial charge is 0.462 e. The van der Waals surface area contributed by atoms with E-state index in [4.69, 9.17) is 4.74 Å². The molecule has 0 fully saturated rings. The molecule has 1 aromatic heterocycles. The summed E-state index contributed by atoms with van der Waals surface area (Å²) in [5, 5.41) is 0.194. The van der Waals surface area contributed by atoms with Crippen LogP contribution in [-0.4, -0.2) is 30.5 Å². The predicted octanol–water partition coefficient (Wildman–Crippen LogP) is 3.18. The van der Waals surface area contributed by atoms with Crippen LogP contribution in [0.25, 0.3) is 0 Å². The molecular formula is C15H14F2N2O3S. The van der Waals surface area contributed by atoms with Gasteiger partial charge < -0.3 is 4.74 Å². The normalized spacial score (nSPS) is 10.5. The van der Waals surface area contributed by atoms with Crippen LogP contribution in [-0.2, 0) is 4.74 Å². The maximum Gasteiger partial charge on any atom is 0.350 e. The molecule has 0 aliphatic heterocycles. The number of hydrogen-bond acceptors (Lipinski definition) is 5. The Hall–Kier alpha value is -2.35. The van der Waals surface area contributed by atoms with Gasteiger partial charge in [-0.2, -0.15) is 0 Å². The maximum atomic E-state index is 13.7. The fourth-order valence-electron chi connectivity index (χ4n) is 1.85. The van der Waals surface area contributed by atoms with Crippen LogP contribution < -0.4 is 4.90 Å². The molecule has 0 aliphatic rings. The summed E-state index contributed by atoms with van der Waals surface area (Å²) in [4.78, 5) is 29.5. The third kappa shape index (κ3) is 3.37. The van der Waals surface area contributed by atoms with Gasteiger partial charge in [0.2, 0.25) is 0 Å². The number of amides is 1. The lowest BCUT2D eigenvalue weighted by Crippen LogP contribution is -2.27. The molecule has 0 saturated heterocycles. The molecule has 0 N–H and O–H groups in total. The first kappa shape index (κ1) is 17.0. The number of hydrogen-bond donors (Lipinski definition) is 0. The third-order valence-electron chi connectivity index (χ3n) is 3.02. The van der Waals surface area contributed by atoms with Crippen molar-refractivity contribution in [2.24, 2.45) is 0 Å². The summed E-state index contributed by atoms with van der Waals surface area (Å²) in [5.74, 6) is -3.62. The van der Waals surface area contributed by atoms with Gasteiger partial charge in [0.25, 0.3) is 5.91 Å². The van der Waals surface area contributed by atoms with E-state index in [1.54, 1.807) is 13.8 Å². The Morgan fingerprint density at radius 1 is 1.35 bits per heavy atom. The van der Waals surface area contributed by atoms with Crippen LogP contribution in [0.2, 0.25) is 0 Å². The van der Waals surface area contributed by atoms with E-state index in [2.05, 4.69) is 4.98 Å². The smallest absolute Gasteiger partial charge is 0.350 e. The van der Waals surface area contributed by atoms with E-state index in [1.807, 2.05) is 0 Å². The number of esters is 1. The number of aryl methyl sites for hydroxylation is 1. The van der Waals surface area contributed by atoms with Crippen molar-refractivity contribution < 1.29 is 23.1 Å². The molecule has 0 radical (unpaired) electrons. The Balaban J connectivity index is 2.32. The summed E-state index contributed by atoms with van der Waals surface area (Å²) in [7, 11) is 1.37. The van der Waals surface area contributed by atoms with Crippen molar-refractivity contribution in [2.75, 3.05) is 18.6 Å². The van der Waals surface area contributed by atoms with Crippen molar-refractivity contribution in [3.05, 3.63) is 46.0 Å². The molecule has 0 atom stereocenters. The third-order valence-corrected chi connectivity index (χ3v) is 4.23. The lowest BCUT2D eigenvalue weighted by atomic mass is 10.2. The molecule has 2 aromatic rings. The second-order valence-electron chi connectivity index (χ2n) is 4.60. The molecule has 0 spiro atoms. The number of rotatable bonds is 4. The molecule has 0 saturated carbocycles. The highest BCUT2D eigenvalue weighted by atomic mass is 32.1. The van der Waals surface area contributed by atoms with Gasteiger partial charge in [-0.1, -0.05) is 17.4 Å². The number of benzene rings is 1. The minimum atomic E-state index is -1.22. The summed E-state index contributed by atoms with van der Waals surface area (Å²) in [6.07, 6.45) is 0. The fourth-order valence-corrected chi connectivity index (χ4v) is 2.77. The number of anilines is 1. The van der Waals surface area contributed by atoms with Gasteiger partial charge in [0.15, 0.2) is 16.8 Å². The highest BCUT2D eigenvalue weighted by Gasteiger charge is 2.24. The van der Waals surface area contributed by atoms with Crippen LogP contribution in [0, 0.1) is 18.6 Å². The van der Waals surface area contributed by atoms with Crippen molar-refractivity contribution in [2.45, 2.75) is 13.8 Å². The second kappa shape index (κ2) is 6.82. The number of nitrogens with zero attached hydrogens (tertiary/aromatic N) is 2. The van der Waals surface area contributed by atoms with E-state index >= 15 is 0 Å². The van der Waals surface area contributed by atoms with Crippen molar-refractivity contribution in [3.8, 4) is 0 Å². The van der Waals surface area contributed by atoms with E-state index in [-0.39, 0.29) is 16.6 Å². The molecule has 1 amide bonds. The molecule has 1 aromatic carbocycles. The zero-order valence-corrected chi connectivity index (χ0v) is 13.5. The summed E-state index contributed by atoms with van der Waals surface area (Å²) in [5.41, 5.74) is 0.000789. The Morgan fingerprint density at radius 3 is 2.70 bits per heavy atom. The number of thiazole rings is 1. The van der Waals surface area contributed by atoms with Gasteiger partial charge in [0.1, 0.15) is 4.88 Å². The molecular weight excluding hydrogens is 326 g/mol. The lowest BCUT2D eigenvalue weighted by Gasteiger charge is -2.14. The van der Waals surface area contributed by atoms with E-state index in [9.17, 15) is 18.4 Å². The number of halogens is 2. The Kier molecular flexibility index (Phi) is 5.05. The fraction of sp³-hybridized carbons (Fsp3) is 0.267. The first-order valence-electron chi connectivity index (χ1n) is 6.73. The highest BCUT2D eigenvalue weighted by Crippen LogP contribution is 2.27. The van der Waals surface area contributed by atoms with E-state index < -0.39 is 29.1 Å². The average molecular weight is 340 g/mol.